The summed E-state index contributed by atoms with van der Waals surface area (Å²) < 4.78 is 5.01. The number of nitrogens with one attached hydrogen (secondary N) is 1. The predicted octanol–water partition coefficient (Wildman–Crippen LogP) is 0.316. The smallest absolute Gasteiger partial charge is 0.251 e. The Morgan fingerprint density at radius 3 is 2.81 bits per heavy atom. The maximum atomic E-state index is 11.9. The minimum atomic E-state index is -0.0302. The zero-order valence-electron chi connectivity index (χ0n) is 9.11. The summed E-state index contributed by atoms with van der Waals surface area (Å²) >= 11 is 0. The van der Waals surface area contributed by atoms with Crippen molar-refractivity contribution in [2.24, 2.45) is 5.73 Å². The van der Waals surface area contributed by atoms with E-state index < -0.39 is 0 Å². The minimum Gasteiger partial charge on any atom is -0.377 e. The Kier molecular flexibility index (Phi) is 3.54. The molecule has 0 unspecified atom stereocenters. The number of hydrogen-bond acceptors (Lipinski definition) is 3. The van der Waals surface area contributed by atoms with E-state index in [1.54, 1.807) is 0 Å². The third-order valence-corrected chi connectivity index (χ3v) is 2.65. The Morgan fingerprint density at radius 1 is 1.44 bits per heavy atom. The summed E-state index contributed by atoms with van der Waals surface area (Å²) in [7, 11) is 0. The second kappa shape index (κ2) is 5.09. The van der Waals surface area contributed by atoms with Crippen LogP contribution in [0.5, 0.6) is 0 Å². The van der Waals surface area contributed by atoms with Crippen molar-refractivity contribution in [1.82, 2.24) is 5.32 Å². The molecule has 0 bridgehead atoms. The van der Waals surface area contributed by atoms with Crippen molar-refractivity contribution in [3.05, 3.63) is 35.4 Å². The molecule has 1 amide bonds. The van der Waals surface area contributed by atoms with Crippen LogP contribution in [0.2, 0.25) is 0 Å². The molecule has 0 atom stereocenters. The van der Waals surface area contributed by atoms with E-state index in [4.69, 9.17) is 10.5 Å². The SMILES string of the molecule is NCCc1ccccc1C(=O)NC1COC1. The molecule has 0 saturated carbocycles. The summed E-state index contributed by atoms with van der Waals surface area (Å²) in [5.74, 6) is -0.0302. The quantitative estimate of drug-likeness (QED) is 0.768. The molecule has 4 heteroatoms. The minimum absolute atomic E-state index is 0.0302. The van der Waals surface area contributed by atoms with Crippen LogP contribution in [0.3, 0.4) is 0 Å². The summed E-state index contributed by atoms with van der Waals surface area (Å²) in [6.45, 7) is 1.78. The molecule has 1 aliphatic heterocycles. The summed E-state index contributed by atoms with van der Waals surface area (Å²) in [5, 5.41) is 2.93. The molecule has 16 heavy (non-hydrogen) atoms. The van der Waals surface area contributed by atoms with Crippen molar-refractivity contribution in [2.75, 3.05) is 19.8 Å². The molecule has 1 aliphatic rings. The number of amides is 1. The molecule has 3 N–H and O–H groups in total. The van der Waals surface area contributed by atoms with Crippen LogP contribution in [0.25, 0.3) is 0 Å². The van der Waals surface area contributed by atoms with Gasteiger partial charge in [0.1, 0.15) is 0 Å². The molecule has 1 heterocycles. The molecule has 0 spiro atoms. The van der Waals surface area contributed by atoms with Crippen molar-refractivity contribution in [2.45, 2.75) is 12.5 Å². The summed E-state index contributed by atoms with van der Waals surface area (Å²) in [6, 6.07) is 7.73. The number of ether oxygens (including phenoxy) is 1. The van der Waals surface area contributed by atoms with Crippen LogP contribution in [0.4, 0.5) is 0 Å². The van der Waals surface area contributed by atoms with Crippen LogP contribution in [0.15, 0.2) is 24.3 Å². The highest BCUT2D eigenvalue weighted by molar-refractivity contribution is 5.95. The van der Waals surface area contributed by atoms with E-state index in [1.165, 1.54) is 0 Å². The van der Waals surface area contributed by atoms with E-state index in [9.17, 15) is 4.79 Å². The summed E-state index contributed by atoms with van der Waals surface area (Å²) in [4.78, 5) is 11.9. The van der Waals surface area contributed by atoms with Crippen LogP contribution >= 0.6 is 0 Å². The molecule has 2 rings (SSSR count). The van der Waals surface area contributed by atoms with E-state index in [0.717, 1.165) is 17.5 Å². The highest BCUT2D eigenvalue weighted by atomic mass is 16.5. The second-order valence-electron chi connectivity index (χ2n) is 3.90. The van der Waals surface area contributed by atoms with E-state index in [1.807, 2.05) is 24.3 Å². The van der Waals surface area contributed by atoms with Gasteiger partial charge in [0, 0.05) is 5.56 Å². The second-order valence-corrected chi connectivity index (χ2v) is 3.90. The molecule has 1 aromatic carbocycles. The van der Waals surface area contributed by atoms with Crippen LogP contribution in [-0.4, -0.2) is 31.7 Å². The first kappa shape index (κ1) is 11.1. The predicted molar refractivity (Wildman–Crippen MR) is 61.3 cm³/mol. The fourth-order valence-electron chi connectivity index (χ4n) is 1.70. The molecule has 4 nitrogen and oxygen atoms in total. The van der Waals surface area contributed by atoms with Crippen molar-refractivity contribution in [3.63, 3.8) is 0 Å². The summed E-state index contributed by atoms with van der Waals surface area (Å²) in [5.41, 5.74) is 7.24. The average Bonchev–Trinajstić information content (AvgIpc) is 2.24. The summed E-state index contributed by atoms with van der Waals surface area (Å²) in [6.07, 6.45) is 0.727. The molecule has 0 aliphatic carbocycles. The molecule has 1 aromatic rings. The van der Waals surface area contributed by atoms with Crippen molar-refractivity contribution >= 4 is 5.91 Å². The Hall–Kier alpha value is -1.39. The third kappa shape index (κ3) is 2.40. The largest absolute Gasteiger partial charge is 0.377 e. The fraction of sp³-hybridized carbons (Fsp3) is 0.417. The molecule has 1 saturated heterocycles. The average molecular weight is 220 g/mol. The van der Waals surface area contributed by atoms with Gasteiger partial charge < -0.3 is 15.8 Å². The lowest BCUT2D eigenvalue weighted by molar-refractivity contribution is -0.00347. The van der Waals surface area contributed by atoms with Gasteiger partial charge in [-0.2, -0.15) is 0 Å². The van der Waals surface area contributed by atoms with Crippen LogP contribution < -0.4 is 11.1 Å². The highest BCUT2D eigenvalue weighted by Crippen LogP contribution is 2.10. The molecular weight excluding hydrogens is 204 g/mol. The Labute approximate surface area is 94.8 Å². The number of carbonyl (C=O) groups is 1. The van der Waals surface area contributed by atoms with Crippen molar-refractivity contribution in [1.29, 1.82) is 0 Å². The lowest BCUT2D eigenvalue weighted by Gasteiger charge is -2.27. The Morgan fingerprint density at radius 2 is 2.19 bits per heavy atom. The van der Waals surface area contributed by atoms with Gasteiger partial charge in [-0.25, -0.2) is 0 Å². The molecule has 86 valence electrons. The van der Waals surface area contributed by atoms with E-state index in [0.29, 0.717) is 19.8 Å². The first-order valence-electron chi connectivity index (χ1n) is 5.48. The van der Waals surface area contributed by atoms with Gasteiger partial charge in [0.25, 0.3) is 5.91 Å². The van der Waals surface area contributed by atoms with E-state index in [2.05, 4.69) is 5.32 Å². The number of nitrogens with two attached hydrogens (primary N) is 1. The molecule has 0 radical (unpaired) electrons. The van der Waals surface area contributed by atoms with Crippen molar-refractivity contribution < 1.29 is 9.53 Å². The van der Waals surface area contributed by atoms with E-state index >= 15 is 0 Å². The first-order chi connectivity index (χ1) is 7.81. The molecular formula is C12H16N2O2. The van der Waals surface area contributed by atoms with Gasteiger partial charge in [-0.3, -0.25) is 4.79 Å². The monoisotopic (exact) mass is 220 g/mol. The van der Waals surface area contributed by atoms with Gasteiger partial charge in [-0.1, -0.05) is 18.2 Å². The van der Waals surface area contributed by atoms with E-state index in [-0.39, 0.29) is 11.9 Å². The molecule has 1 fully saturated rings. The third-order valence-electron chi connectivity index (χ3n) is 2.65. The number of carbonyl (C=O) groups excluding carboxylic acids is 1. The normalized spacial score (nSPS) is 15.6. The highest BCUT2D eigenvalue weighted by Gasteiger charge is 2.21. The van der Waals surface area contributed by atoms with Gasteiger partial charge in [0.05, 0.1) is 19.3 Å². The maximum absolute atomic E-state index is 11.9. The Bertz CT molecular complexity index is 375. The van der Waals surface area contributed by atoms with Gasteiger partial charge in [0.15, 0.2) is 0 Å². The first-order valence-corrected chi connectivity index (χ1v) is 5.48. The number of benzene rings is 1. The zero-order valence-corrected chi connectivity index (χ0v) is 9.11. The van der Waals surface area contributed by atoms with Crippen molar-refractivity contribution in [3.8, 4) is 0 Å². The topological polar surface area (TPSA) is 64.4 Å². The maximum Gasteiger partial charge on any atom is 0.251 e. The van der Waals surface area contributed by atoms with Crippen LogP contribution in [-0.2, 0) is 11.2 Å². The lowest BCUT2D eigenvalue weighted by Crippen LogP contribution is -2.48. The lowest BCUT2D eigenvalue weighted by atomic mass is 10.0. The molecule has 0 aromatic heterocycles. The van der Waals surface area contributed by atoms with Gasteiger partial charge in [-0.15, -0.1) is 0 Å². The van der Waals surface area contributed by atoms with Gasteiger partial charge >= 0.3 is 0 Å². The van der Waals surface area contributed by atoms with Gasteiger partial charge in [-0.05, 0) is 24.6 Å². The van der Waals surface area contributed by atoms with Crippen LogP contribution in [0, 0.1) is 0 Å². The van der Waals surface area contributed by atoms with Gasteiger partial charge in [0.2, 0.25) is 0 Å². The van der Waals surface area contributed by atoms with Crippen LogP contribution in [0.1, 0.15) is 15.9 Å². The zero-order chi connectivity index (χ0) is 11.4. The Balaban J connectivity index is 2.08. The standard InChI is InChI=1S/C12H16N2O2/c13-6-5-9-3-1-2-4-11(9)12(15)14-10-7-16-8-10/h1-4,10H,5-8,13H2,(H,14,15). The number of rotatable bonds is 4. The fourth-order valence-corrected chi connectivity index (χ4v) is 1.70. The number of hydrogen-bond donors (Lipinski definition) is 2.